The zero-order valence-corrected chi connectivity index (χ0v) is 13.4. The Kier molecular flexibility index (Phi) is 5.17. The molecular weight excluding hydrogens is 264 g/mol. The van der Waals surface area contributed by atoms with E-state index in [1.807, 2.05) is 0 Å². The molecule has 120 valence electrons. The molecule has 3 aliphatic heterocycles. The number of fused-ring (bicyclic) bond motifs is 2. The Morgan fingerprint density at radius 1 is 1.05 bits per heavy atom. The van der Waals surface area contributed by atoms with E-state index in [9.17, 15) is 4.79 Å². The molecule has 0 radical (unpaired) electrons. The number of hydrogen-bond acceptors (Lipinski definition) is 4. The van der Waals surface area contributed by atoms with Crippen molar-refractivity contribution in [2.75, 3.05) is 26.7 Å². The maximum atomic E-state index is 12.1. The molecule has 4 heteroatoms. The number of carbonyl (C=O) groups excluding carboxylic acids is 1. The number of ether oxygens (including phenoxy) is 1. The van der Waals surface area contributed by atoms with Crippen molar-refractivity contribution in [3.05, 3.63) is 0 Å². The molecule has 0 spiro atoms. The Labute approximate surface area is 128 Å². The lowest BCUT2D eigenvalue weighted by molar-refractivity contribution is -0.152. The summed E-state index contributed by atoms with van der Waals surface area (Å²) in [7, 11) is 2.22. The molecule has 2 atom stereocenters. The second-order valence-corrected chi connectivity index (χ2v) is 7.14. The summed E-state index contributed by atoms with van der Waals surface area (Å²) in [5.41, 5.74) is 0. The third-order valence-electron chi connectivity index (χ3n) is 5.68. The van der Waals surface area contributed by atoms with Crippen LogP contribution in [0.15, 0.2) is 0 Å². The van der Waals surface area contributed by atoms with Crippen LogP contribution < -0.4 is 0 Å². The summed E-state index contributed by atoms with van der Waals surface area (Å²) in [6, 6.07) is 1.29. The maximum Gasteiger partial charge on any atom is 0.307 e. The topological polar surface area (TPSA) is 32.8 Å². The van der Waals surface area contributed by atoms with Gasteiger partial charge in [-0.1, -0.05) is 12.8 Å². The summed E-state index contributed by atoms with van der Waals surface area (Å²) in [6.07, 6.45) is 10.7. The Balaban J connectivity index is 1.38. The molecule has 0 N–H and O–H groups in total. The van der Waals surface area contributed by atoms with Gasteiger partial charge in [-0.25, -0.2) is 0 Å². The van der Waals surface area contributed by atoms with Gasteiger partial charge in [-0.3, -0.25) is 4.79 Å². The van der Waals surface area contributed by atoms with E-state index in [0.29, 0.717) is 18.5 Å². The molecule has 0 aliphatic carbocycles. The summed E-state index contributed by atoms with van der Waals surface area (Å²) < 4.78 is 5.75. The van der Waals surface area contributed by atoms with Crippen LogP contribution in [0.3, 0.4) is 0 Å². The third kappa shape index (κ3) is 3.98. The molecule has 0 aromatic carbocycles. The van der Waals surface area contributed by atoms with Crippen LogP contribution in [0, 0.1) is 0 Å². The van der Waals surface area contributed by atoms with Gasteiger partial charge in [0.25, 0.3) is 0 Å². The first-order valence-electron chi connectivity index (χ1n) is 8.86. The van der Waals surface area contributed by atoms with Gasteiger partial charge in [0.2, 0.25) is 0 Å². The maximum absolute atomic E-state index is 12.1. The van der Waals surface area contributed by atoms with Gasteiger partial charge in [0.05, 0.1) is 6.42 Å². The van der Waals surface area contributed by atoms with Crippen molar-refractivity contribution in [3.8, 4) is 0 Å². The highest BCUT2D eigenvalue weighted by Crippen LogP contribution is 2.35. The summed E-state index contributed by atoms with van der Waals surface area (Å²) in [5, 5.41) is 0. The predicted molar refractivity (Wildman–Crippen MR) is 83.2 cm³/mol. The SMILES string of the molecule is CN1C2CCC1CC(OC(=O)CCN1CCCCCC1)C2. The minimum atomic E-state index is 0.0215. The highest BCUT2D eigenvalue weighted by molar-refractivity contribution is 5.69. The lowest BCUT2D eigenvalue weighted by Gasteiger charge is -2.35. The molecule has 3 heterocycles. The standard InChI is InChI=1S/C17H30N2O2/c1-18-14-6-7-15(18)13-16(12-14)21-17(20)8-11-19-9-4-2-3-5-10-19/h14-16H,2-13H2,1H3. The van der Waals surface area contributed by atoms with E-state index in [-0.39, 0.29) is 12.1 Å². The van der Waals surface area contributed by atoms with Crippen LogP contribution in [0.4, 0.5) is 0 Å². The Hall–Kier alpha value is -0.610. The summed E-state index contributed by atoms with van der Waals surface area (Å²) in [4.78, 5) is 17.0. The van der Waals surface area contributed by atoms with E-state index in [1.54, 1.807) is 0 Å². The summed E-state index contributed by atoms with van der Waals surface area (Å²) in [6.45, 7) is 3.20. The van der Waals surface area contributed by atoms with Gasteiger partial charge >= 0.3 is 5.97 Å². The average Bonchev–Trinajstić information content (AvgIpc) is 2.72. The van der Waals surface area contributed by atoms with Crippen LogP contribution in [-0.4, -0.2) is 60.6 Å². The van der Waals surface area contributed by atoms with Gasteiger partial charge in [-0.15, -0.1) is 0 Å². The van der Waals surface area contributed by atoms with Gasteiger partial charge in [0, 0.05) is 18.6 Å². The van der Waals surface area contributed by atoms with Crippen LogP contribution in [0.1, 0.15) is 57.8 Å². The van der Waals surface area contributed by atoms with E-state index in [2.05, 4.69) is 16.8 Å². The summed E-state index contributed by atoms with van der Waals surface area (Å²) in [5.74, 6) is 0.0215. The van der Waals surface area contributed by atoms with E-state index >= 15 is 0 Å². The Morgan fingerprint density at radius 2 is 1.67 bits per heavy atom. The number of hydrogen-bond donors (Lipinski definition) is 0. The van der Waals surface area contributed by atoms with Gasteiger partial charge in [0.1, 0.15) is 6.10 Å². The smallest absolute Gasteiger partial charge is 0.307 e. The number of likely N-dealkylation sites (tertiary alicyclic amines) is 1. The predicted octanol–water partition coefficient (Wildman–Crippen LogP) is 2.42. The highest BCUT2D eigenvalue weighted by atomic mass is 16.5. The molecule has 0 aromatic rings. The molecule has 3 fully saturated rings. The van der Waals surface area contributed by atoms with Crippen molar-refractivity contribution < 1.29 is 9.53 Å². The lowest BCUT2D eigenvalue weighted by atomic mass is 10.0. The van der Waals surface area contributed by atoms with E-state index in [4.69, 9.17) is 4.74 Å². The Morgan fingerprint density at radius 3 is 2.29 bits per heavy atom. The molecule has 2 bridgehead atoms. The van der Waals surface area contributed by atoms with Gasteiger partial charge in [-0.2, -0.15) is 0 Å². The van der Waals surface area contributed by atoms with Crippen molar-refractivity contribution in [2.24, 2.45) is 0 Å². The molecule has 2 unspecified atom stereocenters. The van der Waals surface area contributed by atoms with Gasteiger partial charge in [0.15, 0.2) is 0 Å². The van der Waals surface area contributed by atoms with Crippen LogP contribution in [0.5, 0.6) is 0 Å². The van der Waals surface area contributed by atoms with Crippen molar-refractivity contribution in [1.82, 2.24) is 9.80 Å². The first-order chi connectivity index (χ1) is 10.2. The molecular formula is C17H30N2O2. The minimum absolute atomic E-state index is 0.0215. The van der Waals surface area contributed by atoms with E-state index in [0.717, 1.165) is 32.5 Å². The molecule has 0 amide bonds. The minimum Gasteiger partial charge on any atom is -0.462 e. The molecule has 21 heavy (non-hydrogen) atoms. The first-order valence-corrected chi connectivity index (χ1v) is 8.86. The van der Waals surface area contributed by atoms with Crippen molar-refractivity contribution >= 4 is 5.97 Å². The van der Waals surface area contributed by atoms with Crippen LogP contribution in [-0.2, 0) is 9.53 Å². The number of rotatable bonds is 4. The van der Waals surface area contributed by atoms with Crippen molar-refractivity contribution in [1.29, 1.82) is 0 Å². The highest BCUT2D eigenvalue weighted by Gasteiger charge is 2.39. The fourth-order valence-electron chi connectivity index (χ4n) is 4.31. The molecule has 3 aliphatic rings. The fraction of sp³-hybridized carbons (Fsp3) is 0.941. The van der Waals surface area contributed by atoms with E-state index < -0.39 is 0 Å². The zero-order valence-electron chi connectivity index (χ0n) is 13.4. The van der Waals surface area contributed by atoms with Gasteiger partial charge in [-0.05, 0) is 58.7 Å². The molecule has 0 aromatic heterocycles. The largest absolute Gasteiger partial charge is 0.462 e. The monoisotopic (exact) mass is 294 g/mol. The molecule has 3 saturated heterocycles. The third-order valence-corrected chi connectivity index (χ3v) is 5.68. The molecule has 3 rings (SSSR count). The first kappa shape index (κ1) is 15.3. The second kappa shape index (κ2) is 7.10. The fourth-order valence-corrected chi connectivity index (χ4v) is 4.31. The zero-order chi connectivity index (χ0) is 14.7. The number of carbonyl (C=O) groups is 1. The quantitative estimate of drug-likeness (QED) is 0.746. The van der Waals surface area contributed by atoms with Crippen molar-refractivity contribution in [2.45, 2.75) is 76.0 Å². The lowest BCUT2D eigenvalue weighted by Crippen LogP contribution is -2.43. The van der Waals surface area contributed by atoms with Crippen LogP contribution >= 0.6 is 0 Å². The Bertz CT molecular complexity index is 339. The summed E-state index contributed by atoms with van der Waals surface area (Å²) >= 11 is 0. The number of piperidine rings is 1. The van der Waals surface area contributed by atoms with E-state index in [1.165, 1.54) is 38.5 Å². The van der Waals surface area contributed by atoms with Gasteiger partial charge < -0.3 is 14.5 Å². The molecule has 0 saturated carbocycles. The normalized spacial score (nSPS) is 34.6. The number of nitrogens with zero attached hydrogens (tertiary/aromatic N) is 2. The van der Waals surface area contributed by atoms with Crippen LogP contribution in [0.25, 0.3) is 0 Å². The number of esters is 1. The van der Waals surface area contributed by atoms with Crippen molar-refractivity contribution in [3.63, 3.8) is 0 Å². The molecule has 4 nitrogen and oxygen atoms in total. The average molecular weight is 294 g/mol. The van der Waals surface area contributed by atoms with Crippen LogP contribution in [0.2, 0.25) is 0 Å². The second-order valence-electron chi connectivity index (χ2n) is 7.14.